The quantitative estimate of drug-likeness (QED) is 0.139. The van der Waals surface area contributed by atoms with Crippen LogP contribution in [0.25, 0.3) is 11.1 Å². The Labute approximate surface area is 222 Å². The molecule has 0 aliphatic carbocycles. The molecule has 9 nitrogen and oxygen atoms in total. The van der Waals surface area contributed by atoms with E-state index in [4.69, 9.17) is 15.7 Å². The zero-order valence-electron chi connectivity index (χ0n) is 21.1. The summed E-state index contributed by atoms with van der Waals surface area (Å²) in [5, 5.41) is 20.1. The van der Waals surface area contributed by atoms with Crippen LogP contribution >= 0.6 is 0 Å². The molecule has 0 radical (unpaired) electrons. The van der Waals surface area contributed by atoms with Crippen LogP contribution in [0.4, 0.5) is 0 Å². The Bertz CT molecular complexity index is 1490. The maximum absolute atomic E-state index is 12.4. The smallest absolute Gasteiger partial charge is 0.336 e. The van der Waals surface area contributed by atoms with Crippen LogP contribution < -0.4 is 11.1 Å². The molecule has 3 aromatic carbocycles. The lowest BCUT2D eigenvalue weighted by Crippen LogP contribution is -2.27. The van der Waals surface area contributed by atoms with Gasteiger partial charge in [0.05, 0.1) is 11.8 Å². The lowest BCUT2D eigenvalue weighted by Gasteiger charge is -2.12. The molecule has 0 aliphatic heterocycles. The van der Waals surface area contributed by atoms with Crippen molar-refractivity contribution < 1.29 is 27.7 Å². The van der Waals surface area contributed by atoms with Gasteiger partial charge in [-0.1, -0.05) is 62.1 Å². The van der Waals surface area contributed by atoms with E-state index in [1.165, 1.54) is 6.07 Å². The van der Waals surface area contributed by atoms with E-state index in [1.807, 2.05) is 38.1 Å². The molecular formula is C28H29N3O6S. The van der Waals surface area contributed by atoms with Gasteiger partial charge in [-0.3, -0.25) is 14.8 Å². The van der Waals surface area contributed by atoms with Gasteiger partial charge >= 0.3 is 5.97 Å². The molecule has 0 heterocycles. The summed E-state index contributed by atoms with van der Waals surface area (Å²) < 4.78 is 25.9. The number of hydrogen-bond donors (Lipinski definition) is 5. The second-order valence-electron chi connectivity index (χ2n) is 8.69. The van der Waals surface area contributed by atoms with Gasteiger partial charge in [-0.25, -0.2) is 4.79 Å². The first-order valence-corrected chi connectivity index (χ1v) is 13.2. The third-order valence-electron chi connectivity index (χ3n) is 4.94. The predicted octanol–water partition coefficient (Wildman–Crippen LogP) is 3.63. The van der Waals surface area contributed by atoms with Crippen LogP contribution in [0.5, 0.6) is 0 Å². The highest BCUT2D eigenvalue weighted by atomic mass is 32.2. The van der Waals surface area contributed by atoms with Gasteiger partial charge in [0.25, 0.3) is 16.0 Å². The number of aromatic carboxylic acids is 1. The molecule has 0 spiro atoms. The molecule has 0 saturated heterocycles. The van der Waals surface area contributed by atoms with E-state index in [1.54, 1.807) is 36.4 Å². The number of carboxylic acids is 1. The highest BCUT2D eigenvalue weighted by Crippen LogP contribution is 2.28. The monoisotopic (exact) mass is 535 g/mol. The average molecular weight is 536 g/mol. The molecule has 3 rings (SSSR count). The molecule has 1 amide bonds. The molecule has 10 heteroatoms. The van der Waals surface area contributed by atoms with Gasteiger partial charge in [-0.15, -0.1) is 0 Å². The second kappa shape index (κ2) is 13.2. The van der Waals surface area contributed by atoms with Gasteiger partial charge < -0.3 is 16.2 Å². The van der Waals surface area contributed by atoms with Gasteiger partial charge in [-0.05, 0) is 47.4 Å². The fourth-order valence-electron chi connectivity index (χ4n) is 3.20. The highest BCUT2D eigenvalue weighted by molar-refractivity contribution is 7.85. The summed E-state index contributed by atoms with van der Waals surface area (Å²) in [5.74, 6) is 5.03. The molecule has 198 valence electrons. The summed E-state index contributed by atoms with van der Waals surface area (Å²) in [4.78, 5) is 24.4. The summed E-state index contributed by atoms with van der Waals surface area (Å²) in [5.41, 5.74) is 8.98. The van der Waals surface area contributed by atoms with E-state index in [2.05, 4.69) is 17.2 Å². The third-order valence-corrected chi connectivity index (χ3v) is 4.94. The van der Waals surface area contributed by atoms with Crippen molar-refractivity contribution in [1.82, 2.24) is 5.32 Å². The van der Waals surface area contributed by atoms with Gasteiger partial charge in [0, 0.05) is 28.8 Å². The standard InChI is InChI=1S/C27H25N3O3.CH4O3S/c1-17(2)16-30-26(31)21-13-14-23(24(15-21)27(32)33)22-6-4-3-5-19(22)10-7-18-8-11-20(12-9-18)25(28)29;1-5(2,3)4/h3-6,8-9,11-15,17H,16H2,1-2H3,(H3,28,29)(H,30,31)(H,32,33);1H3,(H,2,3,4). The number of nitrogens with one attached hydrogen (secondary N) is 2. The van der Waals surface area contributed by atoms with Crippen LogP contribution in [0.15, 0.2) is 66.7 Å². The van der Waals surface area contributed by atoms with Crippen molar-refractivity contribution >= 4 is 27.8 Å². The minimum Gasteiger partial charge on any atom is -0.478 e. The minimum atomic E-state index is -3.67. The summed E-state index contributed by atoms with van der Waals surface area (Å²) in [7, 11) is -3.67. The highest BCUT2D eigenvalue weighted by Gasteiger charge is 2.17. The molecule has 0 atom stereocenters. The van der Waals surface area contributed by atoms with E-state index in [0.717, 1.165) is 5.56 Å². The van der Waals surface area contributed by atoms with Crippen LogP contribution in [0.2, 0.25) is 0 Å². The molecule has 0 unspecified atom stereocenters. The molecule has 0 aliphatic rings. The zero-order chi connectivity index (χ0) is 28.5. The van der Waals surface area contributed by atoms with E-state index >= 15 is 0 Å². The Morgan fingerprint density at radius 1 is 0.974 bits per heavy atom. The number of rotatable bonds is 6. The predicted molar refractivity (Wildman–Crippen MR) is 147 cm³/mol. The van der Waals surface area contributed by atoms with Crippen molar-refractivity contribution in [2.75, 3.05) is 12.8 Å². The van der Waals surface area contributed by atoms with Gasteiger partial charge in [0.2, 0.25) is 0 Å². The summed E-state index contributed by atoms with van der Waals surface area (Å²) in [6.45, 7) is 4.48. The minimum absolute atomic E-state index is 0.0117. The normalized spacial score (nSPS) is 10.4. The number of nitrogens with two attached hydrogens (primary N) is 1. The van der Waals surface area contributed by atoms with Crippen molar-refractivity contribution in [2.45, 2.75) is 13.8 Å². The summed E-state index contributed by atoms with van der Waals surface area (Å²) >= 11 is 0. The number of hydrogen-bond acceptors (Lipinski definition) is 5. The number of carbonyl (C=O) groups is 2. The summed E-state index contributed by atoms with van der Waals surface area (Å²) in [6.07, 6.45) is 0.715. The van der Waals surface area contributed by atoms with Crippen molar-refractivity contribution in [1.29, 1.82) is 5.41 Å². The molecule has 38 heavy (non-hydrogen) atoms. The zero-order valence-corrected chi connectivity index (χ0v) is 22.0. The van der Waals surface area contributed by atoms with Gasteiger partial charge in [0.15, 0.2) is 0 Å². The van der Waals surface area contributed by atoms with Crippen molar-refractivity contribution in [3.05, 3.63) is 94.5 Å². The van der Waals surface area contributed by atoms with Crippen molar-refractivity contribution in [3.8, 4) is 23.0 Å². The SMILES string of the molecule is CC(C)CNC(=O)c1ccc(-c2ccccc2C#Cc2ccc(C(=N)N)cc2)c(C(=O)O)c1.CS(=O)(=O)O. The maximum Gasteiger partial charge on any atom is 0.336 e. The molecule has 0 aromatic heterocycles. The van der Waals surface area contributed by atoms with E-state index in [9.17, 15) is 23.1 Å². The van der Waals surface area contributed by atoms with E-state index in [0.29, 0.717) is 40.6 Å². The number of carboxylic acid groups (broad SMARTS) is 1. The fourth-order valence-corrected chi connectivity index (χ4v) is 3.20. The molecular weight excluding hydrogens is 506 g/mol. The molecule has 6 N–H and O–H groups in total. The maximum atomic E-state index is 12.4. The van der Waals surface area contributed by atoms with Crippen molar-refractivity contribution in [3.63, 3.8) is 0 Å². The number of nitrogen functional groups attached to an aromatic ring is 1. The van der Waals surface area contributed by atoms with E-state index < -0.39 is 16.1 Å². The average Bonchev–Trinajstić information content (AvgIpc) is 2.85. The topological polar surface area (TPSA) is 171 Å². The van der Waals surface area contributed by atoms with Crippen molar-refractivity contribution in [2.24, 2.45) is 11.7 Å². The third kappa shape index (κ3) is 9.54. The Morgan fingerprint density at radius 2 is 1.55 bits per heavy atom. The molecule has 0 bridgehead atoms. The Hall–Kier alpha value is -4.46. The van der Waals surface area contributed by atoms with Crippen LogP contribution in [-0.2, 0) is 10.1 Å². The second-order valence-corrected chi connectivity index (χ2v) is 10.2. The van der Waals surface area contributed by atoms with E-state index in [-0.39, 0.29) is 23.2 Å². The first kappa shape index (κ1) is 29.8. The first-order valence-electron chi connectivity index (χ1n) is 11.4. The number of amides is 1. The number of carbonyl (C=O) groups excluding carboxylic acids is 1. The lowest BCUT2D eigenvalue weighted by atomic mass is 9.93. The summed E-state index contributed by atoms with van der Waals surface area (Å²) in [6, 6.07) is 19.0. The van der Waals surface area contributed by atoms with Crippen LogP contribution in [0.1, 0.15) is 51.3 Å². The number of benzene rings is 3. The van der Waals surface area contributed by atoms with Gasteiger partial charge in [-0.2, -0.15) is 8.42 Å². The largest absolute Gasteiger partial charge is 0.478 e. The Balaban J connectivity index is 0.000000926. The van der Waals surface area contributed by atoms with Crippen LogP contribution in [0, 0.1) is 23.2 Å². The molecule has 0 saturated carbocycles. The molecule has 0 fully saturated rings. The molecule has 3 aromatic rings. The Kier molecular flexibility index (Phi) is 10.3. The fraction of sp³-hybridized carbons (Fsp3) is 0.179. The van der Waals surface area contributed by atoms with Crippen LogP contribution in [0.3, 0.4) is 0 Å². The Morgan fingerprint density at radius 3 is 2.11 bits per heavy atom. The lowest BCUT2D eigenvalue weighted by molar-refractivity contribution is 0.0697. The number of amidine groups is 1. The first-order chi connectivity index (χ1) is 17.8. The van der Waals surface area contributed by atoms with Gasteiger partial charge in [0.1, 0.15) is 5.84 Å². The van der Waals surface area contributed by atoms with Crippen LogP contribution in [-0.4, -0.2) is 48.6 Å².